The zero-order valence-corrected chi connectivity index (χ0v) is 23.7. The number of para-hydroxylation sites is 2. The number of anilines is 2. The molecule has 43 heavy (non-hydrogen) atoms. The van der Waals surface area contributed by atoms with Crippen molar-refractivity contribution in [2.24, 2.45) is 0 Å². The summed E-state index contributed by atoms with van der Waals surface area (Å²) in [4.78, 5) is 35.1. The van der Waals surface area contributed by atoms with Gasteiger partial charge in [-0.1, -0.05) is 53.7 Å². The average molecular weight is 576 g/mol. The van der Waals surface area contributed by atoms with Gasteiger partial charge in [-0.25, -0.2) is 9.07 Å². The van der Waals surface area contributed by atoms with E-state index in [1.165, 1.54) is 15.6 Å². The summed E-state index contributed by atoms with van der Waals surface area (Å²) in [6.07, 6.45) is 1.73. The highest BCUT2D eigenvalue weighted by Crippen LogP contribution is 2.32. The van der Waals surface area contributed by atoms with Gasteiger partial charge in [-0.05, 0) is 48.5 Å². The molecular weight excluding hydrogens is 545 g/mol. The van der Waals surface area contributed by atoms with Gasteiger partial charge in [0.05, 0.1) is 5.52 Å². The molecule has 1 atom stereocenters. The van der Waals surface area contributed by atoms with Gasteiger partial charge in [0.2, 0.25) is 5.91 Å². The van der Waals surface area contributed by atoms with E-state index in [1.807, 2.05) is 91.8 Å². The van der Waals surface area contributed by atoms with E-state index >= 15 is 4.39 Å². The quantitative estimate of drug-likeness (QED) is 0.236. The molecule has 0 aliphatic carbocycles. The van der Waals surface area contributed by atoms with Crippen molar-refractivity contribution >= 4 is 45.1 Å². The second-order valence-electron chi connectivity index (χ2n) is 10.5. The number of nitrogens with one attached hydrogen (secondary N) is 2. The summed E-state index contributed by atoms with van der Waals surface area (Å²) >= 11 is 0. The molecule has 0 radical (unpaired) electrons. The Hall–Kier alpha value is -5.51. The highest BCUT2D eigenvalue weighted by molar-refractivity contribution is 6.01. The van der Waals surface area contributed by atoms with Crippen LogP contribution in [0.3, 0.4) is 0 Å². The molecule has 10 heteroatoms. The van der Waals surface area contributed by atoms with Gasteiger partial charge in [-0.3, -0.25) is 9.59 Å². The smallest absolute Gasteiger partial charge is 0.251 e. The lowest BCUT2D eigenvalue weighted by Crippen LogP contribution is -2.42. The number of carbonyl (C=O) groups is 2. The van der Waals surface area contributed by atoms with Crippen LogP contribution in [-0.4, -0.2) is 50.8 Å². The number of carbonyl (C=O) groups excluding carboxylic acids is 2. The van der Waals surface area contributed by atoms with Crippen molar-refractivity contribution in [1.82, 2.24) is 24.9 Å². The topological polar surface area (TPSA) is 99.2 Å². The van der Waals surface area contributed by atoms with Gasteiger partial charge in [0, 0.05) is 60.2 Å². The Labute approximate surface area is 247 Å². The van der Waals surface area contributed by atoms with Crippen LogP contribution in [0.1, 0.15) is 17.2 Å². The fraction of sp³-hybridized carbons (Fsp3) is 0.152. The van der Waals surface area contributed by atoms with Gasteiger partial charge >= 0.3 is 0 Å². The maximum absolute atomic E-state index is 15.0. The average Bonchev–Trinajstić information content (AvgIpc) is 3.62. The number of fused-ring (bicyclic) bond motifs is 2. The first-order chi connectivity index (χ1) is 20.9. The number of halogens is 1. The Morgan fingerprint density at radius 2 is 1.65 bits per heavy atom. The van der Waals surface area contributed by atoms with Crippen molar-refractivity contribution in [3.05, 3.63) is 120 Å². The summed E-state index contributed by atoms with van der Waals surface area (Å²) in [7, 11) is 3.87. The third kappa shape index (κ3) is 5.67. The summed E-state index contributed by atoms with van der Waals surface area (Å²) in [5.41, 5.74) is 4.55. The molecule has 0 saturated carbocycles. The van der Waals surface area contributed by atoms with Crippen LogP contribution in [-0.2, 0) is 22.7 Å². The molecule has 1 unspecified atom stereocenters. The Kier molecular flexibility index (Phi) is 7.57. The number of rotatable bonds is 9. The van der Waals surface area contributed by atoms with Crippen LogP contribution in [0.15, 0.2) is 103 Å². The minimum atomic E-state index is -1.11. The molecular formula is C33H30FN7O2. The fourth-order valence-corrected chi connectivity index (χ4v) is 5.21. The van der Waals surface area contributed by atoms with E-state index in [0.717, 1.165) is 16.6 Å². The highest BCUT2D eigenvalue weighted by atomic mass is 19.1. The zero-order valence-electron chi connectivity index (χ0n) is 23.7. The van der Waals surface area contributed by atoms with E-state index in [4.69, 9.17) is 0 Å². The maximum Gasteiger partial charge on any atom is 0.251 e. The molecule has 0 aliphatic heterocycles. The van der Waals surface area contributed by atoms with E-state index in [0.29, 0.717) is 22.3 Å². The van der Waals surface area contributed by atoms with Crippen LogP contribution in [0.25, 0.3) is 21.9 Å². The number of nitrogens with zero attached hydrogens (tertiary/aromatic N) is 5. The Balaban J connectivity index is 1.44. The number of H-pyrrole nitrogens is 1. The summed E-state index contributed by atoms with van der Waals surface area (Å²) in [6.45, 7) is -0.339. The van der Waals surface area contributed by atoms with Gasteiger partial charge in [-0.15, -0.1) is 5.10 Å². The predicted molar refractivity (Wildman–Crippen MR) is 165 cm³/mol. The molecule has 2 heterocycles. The SMILES string of the molecule is CN(C)c1ccc(NC(=O)C(c2c[nH]c3ccccc23)N(Cc2ccccc2F)C(=O)Cn2nnc3ccccc32)cc1. The van der Waals surface area contributed by atoms with E-state index < -0.39 is 23.7 Å². The first-order valence-corrected chi connectivity index (χ1v) is 13.8. The standard InChI is InChI=1S/C33H30FN7O2/c1-39(2)24-17-15-23(16-18-24)36-33(43)32(26-19-35-28-12-6-4-10-25(26)28)40(20-22-9-3-5-11-27(22)34)31(42)21-41-30-14-8-7-13-29(30)37-38-41/h3-19,32,35H,20-21H2,1-2H3,(H,36,43). The third-order valence-corrected chi connectivity index (χ3v) is 7.45. The molecule has 4 aromatic carbocycles. The zero-order chi connectivity index (χ0) is 29.9. The van der Waals surface area contributed by atoms with Crippen LogP contribution in [0, 0.1) is 5.82 Å². The molecule has 6 aromatic rings. The number of aromatic nitrogens is 4. The van der Waals surface area contributed by atoms with E-state index in [1.54, 1.807) is 24.4 Å². The molecule has 2 N–H and O–H groups in total. The summed E-state index contributed by atoms with van der Waals surface area (Å²) in [5.74, 6) is -1.33. The number of amides is 2. The largest absolute Gasteiger partial charge is 0.378 e. The van der Waals surface area contributed by atoms with E-state index in [9.17, 15) is 9.59 Å². The van der Waals surface area contributed by atoms with Crippen molar-refractivity contribution in [3.63, 3.8) is 0 Å². The number of benzene rings is 4. The summed E-state index contributed by atoms with van der Waals surface area (Å²) in [6, 6.07) is 27.4. The van der Waals surface area contributed by atoms with Gasteiger partial charge in [0.25, 0.3) is 5.91 Å². The Morgan fingerprint density at radius 3 is 2.44 bits per heavy atom. The third-order valence-electron chi connectivity index (χ3n) is 7.45. The lowest BCUT2D eigenvalue weighted by molar-refractivity contribution is -0.140. The molecule has 6 rings (SSSR count). The lowest BCUT2D eigenvalue weighted by atomic mass is 10.0. The molecule has 2 amide bonds. The molecule has 216 valence electrons. The summed E-state index contributed by atoms with van der Waals surface area (Å²) in [5, 5.41) is 12.1. The normalized spacial score (nSPS) is 11.9. The summed E-state index contributed by atoms with van der Waals surface area (Å²) < 4.78 is 16.5. The Bertz CT molecular complexity index is 1910. The van der Waals surface area contributed by atoms with Crippen LogP contribution in [0.4, 0.5) is 15.8 Å². The number of hydrogen-bond donors (Lipinski definition) is 2. The second-order valence-corrected chi connectivity index (χ2v) is 10.5. The maximum atomic E-state index is 15.0. The highest BCUT2D eigenvalue weighted by Gasteiger charge is 2.34. The van der Waals surface area contributed by atoms with Gasteiger partial charge in [0.1, 0.15) is 23.9 Å². The molecule has 2 aromatic heterocycles. The first kappa shape index (κ1) is 27.6. The van der Waals surface area contributed by atoms with Gasteiger partial charge < -0.3 is 20.1 Å². The first-order valence-electron chi connectivity index (χ1n) is 13.8. The monoisotopic (exact) mass is 575 g/mol. The molecule has 0 spiro atoms. The van der Waals surface area contributed by atoms with E-state index in [2.05, 4.69) is 20.6 Å². The van der Waals surface area contributed by atoms with Gasteiger partial charge in [-0.2, -0.15) is 0 Å². The van der Waals surface area contributed by atoms with E-state index in [-0.39, 0.29) is 18.7 Å². The van der Waals surface area contributed by atoms with Crippen LogP contribution in [0.2, 0.25) is 0 Å². The van der Waals surface area contributed by atoms with Crippen LogP contribution >= 0.6 is 0 Å². The van der Waals surface area contributed by atoms with Crippen LogP contribution in [0.5, 0.6) is 0 Å². The molecule has 0 fully saturated rings. The molecule has 0 saturated heterocycles. The number of hydrogen-bond acceptors (Lipinski definition) is 5. The minimum Gasteiger partial charge on any atom is -0.378 e. The second kappa shape index (κ2) is 11.8. The van der Waals surface area contributed by atoms with Crippen molar-refractivity contribution in [2.45, 2.75) is 19.1 Å². The van der Waals surface area contributed by atoms with Crippen molar-refractivity contribution in [3.8, 4) is 0 Å². The van der Waals surface area contributed by atoms with Crippen molar-refractivity contribution in [2.75, 3.05) is 24.3 Å². The Morgan fingerprint density at radius 1 is 0.930 bits per heavy atom. The van der Waals surface area contributed by atoms with Crippen molar-refractivity contribution < 1.29 is 14.0 Å². The molecule has 0 bridgehead atoms. The molecule has 9 nitrogen and oxygen atoms in total. The predicted octanol–water partition coefficient (Wildman–Crippen LogP) is 5.53. The lowest BCUT2D eigenvalue weighted by Gasteiger charge is -2.31. The fourth-order valence-electron chi connectivity index (χ4n) is 5.21. The van der Waals surface area contributed by atoms with Crippen LogP contribution < -0.4 is 10.2 Å². The molecule has 0 aliphatic rings. The number of aromatic amines is 1. The van der Waals surface area contributed by atoms with Crippen molar-refractivity contribution in [1.29, 1.82) is 0 Å². The van der Waals surface area contributed by atoms with Gasteiger partial charge in [0.15, 0.2) is 0 Å². The minimum absolute atomic E-state index is 0.144.